The zero-order valence-corrected chi connectivity index (χ0v) is 13.3. The van der Waals surface area contributed by atoms with Gasteiger partial charge in [0, 0.05) is 0 Å². The fourth-order valence-corrected chi connectivity index (χ4v) is 2.97. The SMILES string of the molecule is CCCC(O)(c1ccccc1)c1cc(C)c(OC)cc1C. The highest BCUT2D eigenvalue weighted by atomic mass is 16.5. The number of hydrogen-bond acceptors (Lipinski definition) is 2. The molecule has 1 unspecified atom stereocenters. The first-order valence-corrected chi connectivity index (χ1v) is 7.46. The maximum atomic E-state index is 11.4. The second-order valence-corrected chi connectivity index (χ2v) is 5.61. The molecular formula is C19H24O2. The smallest absolute Gasteiger partial charge is 0.122 e. The predicted molar refractivity (Wildman–Crippen MR) is 86.8 cm³/mol. The molecule has 0 bridgehead atoms. The van der Waals surface area contributed by atoms with Crippen LogP contribution in [0.25, 0.3) is 0 Å². The van der Waals surface area contributed by atoms with E-state index in [2.05, 4.69) is 13.0 Å². The zero-order chi connectivity index (χ0) is 15.5. The molecule has 0 saturated heterocycles. The van der Waals surface area contributed by atoms with Crippen molar-refractivity contribution in [3.63, 3.8) is 0 Å². The Morgan fingerprint density at radius 2 is 1.71 bits per heavy atom. The Labute approximate surface area is 127 Å². The molecule has 0 radical (unpaired) electrons. The van der Waals surface area contributed by atoms with Crippen LogP contribution in [0, 0.1) is 13.8 Å². The van der Waals surface area contributed by atoms with Gasteiger partial charge >= 0.3 is 0 Å². The highest BCUT2D eigenvalue weighted by molar-refractivity contribution is 5.47. The van der Waals surface area contributed by atoms with E-state index < -0.39 is 5.60 Å². The molecule has 0 aliphatic rings. The van der Waals surface area contributed by atoms with Gasteiger partial charge in [0.25, 0.3) is 0 Å². The third-order valence-electron chi connectivity index (χ3n) is 4.05. The molecule has 2 aromatic rings. The molecule has 0 heterocycles. The molecule has 0 saturated carbocycles. The van der Waals surface area contributed by atoms with Gasteiger partial charge in [0.15, 0.2) is 0 Å². The third-order valence-corrected chi connectivity index (χ3v) is 4.05. The molecule has 1 N–H and O–H groups in total. The number of aliphatic hydroxyl groups is 1. The molecule has 112 valence electrons. The van der Waals surface area contributed by atoms with Crippen molar-refractivity contribution in [2.75, 3.05) is 7.11 Å². The summed E-state index contributed by atoms with van der Waals surface area (Å²) in [7, 11) is 1.68. The molecular weight excluding hydrogens is 260 g/mol. The second-order valence-electron chi connectivity index (χ2n) is 5.61. The normalized spacial score (nSPS) is 13.8. The molecule has 0 aliphatic heterocycles. The summed E-state index contributed by atoms with van der Waals surface area (Å²) in [6.45, 7) is 6.14. The van der Waals surface area contributed by atoms with Crippen LogP contribution < -0.4 is 4.74 Å². The second kappa shape index (κ2) is 6.31. The maximum Gasteiger partial charge on any atom is 0.122 e. The summed E-state index contributed by atoms with van der Waals surface area (Å²) >= 11 is 0. The number of methoxy groups -OCH3 is 1. The molecule has 2 rings (SSSR count). The van der Waals surface area contributed by atoms with Gasteiger partial charge in [0.05, 0.1) is 7.11 Å². The quantitative estimate of drug-likeness (QED) is 0.884. The fourth-order valence-electron chi connectivity index (χ4n) is 2.97. The van der Waals surface area contributed by atoms with Gasteiger partial charge in [-0.15, -0.1) is 0 Å². The highest BCUT2D eigenvalue weighted by Gasteiger charge is 2.32. The molecule has 2 heteroatoms. The van der Waals surface area contributed by atoms with Crippen molar-refractivity contribution in [2.45, 2.75) is 39.2 Å². The lowest BCUT2D eigenvalue weighted by atomic mass is 9.80. The van der Waals surface area contributed by atoms with Crippen LogP contribution in [0.4, 0.5) is 0 Å². The number of hydrogen-bond donors (Lipinski definition) is 1. The van der Waals surface area contributed by atoms with Crippen LogP contribution in [0.1, 0.15) is 42.0 Å². The lowest BCUT2D eigenvalue weighted by Crippen LogP contribution is -2.28. The summed E-state index contributed by atoms with van der Waals surface area (Å²) in [6.07, 6.45) is 1.61. The van der Waals surface area contributed by atoms with Gasteiger partial charge in [0.2, 0.25) is 0 Å². The first-order valence-electron chi connectivity index (χ1n) is 7.46. The van der Waals surface area contributed by atoms with Crippen molar-refractivity contribution in [2.24, 2.45) is 0 Å². The van der Waals surface area contributed by atoms with Crippen LogP contribution in [0.5, 0.6) is 5.75 Å². The van der Waals surface area contributed by atoms with Crippen molar-refractivity contribution in [3.8, 4) is 5.75 Å². The van der Waals surface area contributed by atoms with E-state index >= 15 is 0 Å². The highest BCUT2D eigenvalue weighted by Crippen LogP contribution is 2.38. The molecule has 0 aliphatic carbocycles. The van der Waals surface area contributed by atoms with E-state index in [9.17, 15) is 5.11 Å². The van der Waals surface area contributed by atoms with Crippen molar-refractivity contribution in [1.29, 1.82) is 0 Å². The molecule has 0 fully saturated rings. The van der Waals surface area contributed by atoms with Crippen LogP contribution >= 0.6 is 0 Å². The van der Waals surface area contributed by atoms with Gasteiger partial charge in [0.1, 0.15) is 11.4 Å². The monoisotopic (exact) mass is 284 g/mol. The van der Waals surface area contributed by atoms with Gasteiger partial charge in [-0.1, -0.05) is 43.7 Å². The Balaban J connectivity index is 2.61. The van der Waals surface area contributed by atoms with Crippen LogP contribution in [0.3, 0.4) is 0 Å². The van der Waals surface area contributed by atoms with E-state index in [-0.39, 0.29) is 0 Å². The van der Waals surface area contributed by atoms with Crippen molar-refractivity contribution >= 4 is 0 Å². The van der Waals surface area contributed by atoms with Gasteiger partial charge in [-0.25, -0.2) is 0 Å². The largest absolute Gasteiger partial charge is 0.496 e. The molecule has 2 nitrogen and oxygen atoms in total. The van der Waals surface area contributed by atoms with Gasteiger partial charge in [-0.05, 0) is 54.7 Å². The number of rotatable bonds is 5. The lowest BCUT2D eigenvalue weighted by molar-refractivity contribution is 0.0694. The first-order chi connectivity index (χ1) is 10.0. The van der Waals surface area contributed by atoms with E-state index in [1.807, 2.05) is 50.2 Å². The molecule has 0 spiro atoms. The molecule has 1 atom stereocenters. The topological polar surface area (TPSA) is 29.5 Å². The number of aryl methyl sites for hydroxylation is 2. The number of ether oxygens (including phenoxy) is 1. The van der Waals surface area contributed by atoms with Gasteiger partial charge in [-0.3, -0.25) is 0 Å². The Hall–Kier alpha value is -1.80. The fraction of sp³-hybridized carbons (Fsp3) is 0.368. The number of benzene rings is 2. The summed E-state index contributed by atoms with van der Waals surface area (Å²) in [4.78, 5) is 0. The minimum atomic E-state index is -0.947. The average molecular weight is 284 g/mol. The van der Waals surface area contributed by atoms with E-state index in [4.69, 9.17) is 4.74 Å². The summed E-state index contributed by atoms with van der Waals surface area (Å²) in [6, 6.07) is 14.0. The van der Waals surface area contributed by atoms with Crippen LogP contribution in [-0.2, 0) is 5.60 Å². The molecule has 0 aromatic heterocycles. The van der Waals surface area contributed by atoms with Crippen molar-refractivity contribution < 1.29 is 9.84 Å². The van der Waals surface area contributed by atoms with Gasteiger partial charge < -0.3 is 9.84 Å². The van der Waals surface area contributed by atoms with Crippen LogP contribution in [0.15, 0.2) is 42.5 Å². The van der Waals surface area contributed by atoms with Crippen molar-refractivity contribution in [3.05, 3.63) is 64.7 Å². The van der Waals surface area contributed by atoms with E-state index in [1.165, 1.54) is 0 Å². The average Bonchev–Trinajstić information content (AvgIpc) is 2.50. The molecule has 21 heavy (non-hydrogen) atoms. The lowest BCUT2D eigenvalue weighted by Gasteiger charge is -2.31. The standard InChI is InChI=1S/C19H24O2/c1-5-11-19(20,16-9-7-6-8-10-16)17-12-15(3)18(21-4)13-14(17)2/h6-10,12-13,20H,5,11H2,1-4H3. The summed E-state index contributed by atoms with van der Waals surface area (Å²) in [5.74, 6) is 0.864. The Morgan fingerprint density at radius 3 is 2.29 bits per heavy atom. The summed E-state index contributed by atoms with van der Waals surface area (Å²) in [5, 5.41) is 11.4. The zero-order valence-electron chi connectivity index (χ0n) is 13.3. The minimum Gasteiger partial charge on any atom is -0.496 e. The predicted octanol–water partition coefficient (Wildman–Crippen LogP) is 4.35. The summed E-state index contributed by atoms with van der Waals surface area (Å²) in [5.41, 5.74) is 3.06. The first kappa shape index (κ1) is 15.6. The summed E-state index contributed by atoms with van der Waals surface area (Å²) < 4.78 is 5.38. The Kier molecular flexibility index (Phi) is 4.69. The van der Waals surface area contributed by atoms with E-state index in [0.29, 0.717) is 6.42 Å². The van der Waals surface area contributed by atoms with Crippen molar-refractivity contribution in [1.82, 2.24) is 0 Å². The Morgan fingerprint density at radius 1 is 1.05 bits per heavy atom. The Bertz CT molecular complexity index is 604. The van der Waals surface area contributed by atoms with E-state index in [1.54, 1.807) is 7.11 Å². The minimum absolute atomic E-state index is 0.698. The molecule has 0 amide bonds. The van der Waals surface area contributed by atoms with Crippen LogP contribution in [-0.4, -0.2) is 12.2 Å². The third kappa shape index (κ3) is 2.96. The molecule has 2 aromatic carbocycles. The van der Waals surface area contributed by atoms with Gasteiger partial charge in [-0.2, -0.15) is 0 Å². The van der Waals surface area contributed by atoms with Crippen LogP contribution in [0.2, 0.25) is 0 Å². The van der Waals surface area contributed by atoms with E-state index in [0.717, 1.165) is 34.4 Å². The maximum absolute atomic E-state index is 11.4.